The van der Waals surface area contributed by atoms with E-state index in [1.807, 2.05) is 54.8 Å². The van der Waals surface area contributed by atoms with E-state index in [4.69, 9.17) is 0 Å². The first-order valence-corrected chi connectivity index (χ1v) is 8.68. The van der Waals surface area contributed by atoms with Gasteiger partial charge in [-0.2, -0.15) is 5.10 Å². The predicted molar refractivity (Wildman–Crippen MR) is 103 cm³/mol. The molecule has 4 heteroatoms. The lowest BCUT2D eigenvalue weighted by Gasteiger charge is -2.19. The summed E-state index contributed by atoms with van der Waals surface area (Å²) in [6.45, 7) is 0. The molecule has 3 heterocycles. The molecule has 0 amide bonds. The molecule has 0 unspecified atom stereocenters. The van der Waals surface area contributed by atoms with Crippen LogP contribution in [-0.4, -0.2) is 19.7 Å². The molecular weight excluding hydrogens is 320 g/mol. The van der Waals surface area contributed by atoms with Crippen molar-refractivity contribution in [1.82, 2.24) is 19.7 Å². The van der Waals surface area contributed by atoms with Gasteiger partial charge in [0.05, 0.1) is 6.20 Å². The summed E-state index contributed by atoms with van der Waals surface area (Å²) in [6, 6.07) is 16.8. The lowest BCUT2D eigenvalue weighted by Crippen LogP contribution is -2.07. The fourth-order valence-electron chi connectivity index (χ4n) is 3.35. The summed E-state index contributed by atoms with van der Waals surface area (Å²) >= 11 is 0. The van der Waals surface area contributed by atoms with Crippen LogP contribution >= 0.6 is 0 Å². The van der Waals surface area contributed by atoms with Crippen LogP contribution in [0.4, 0.5) is 0 Å². The number of benzene rings is 1. The van der Waals surface area contributed by atoms with E-state index in [2.05, 4.69) is 57.7 Å². The highest BCUT2D eigenvalue weighted by atomic mass is 15.2. The molecule has 0 N–H and O–H groups in total. The Hall–Kier alpha value is -3.27. The van der Waals surface area contributed by atoms with Crippen LogP contribution in [0.15, 0.2) is 85.7 Å². The largest absolute Gasteiger partial charge is 0.275 e. The molecule has 0 saturated heterocycles. The second kappa shape index (κ2) is 7.31. The Kier molecular flexibility index (Phi) is 4.56. The molecule has 0 aliphatic carbocycles. The number of pyridine rings is 2. The Bertz CT molecular complexity index is 938. The maximum absolute atomic E-state index is 4.33. The third-order valence-electron chi connectivity index (χ3n) is 4.63. The minimum Gasteiger partial charge on any atom is -0.275 e. The van der Waals surface area contributed by atoms with Gasteiger partial charge in [-0.25, -0.2) is 0 Å². The first-order valence-electron chi connectivity index (χ1n) is 8.68. The molecule has 4 aromatic rings. The van der Waals surface area contributed by atoms with Gasteiger partial charge in [0.1, 0.15) is 0 Å². The number of aromatic nitrogens is 4. The van der Waals surface area contributed by atoms with Crippen molar-refractivity contribution >= 4 is 0 Å². The summed E-state index contributed by atoms with van der Waals surface area (Å²) < 4.78 is 1.84. The lowest BCUT2D eigenvalue weighted by molar-refractivity contribution is 0.768. The van der Waals surface area contributed by atoms with Gasteiger partial charge < -0.3 is 0 Å². The monoisotopic (exact) mass is 340 g/mol. The normalized spacial score (nSPS) is 11.0. The van der Waals surface area contributed by atoms with E-state index in [0.29, 0.717) is 0 Å². The van der Waals surface area contributed by atoms with Crippen LogP contribution in [0.3, 0.4) is 0 Å². The summed E-state index contributed by atoms with van der Waals surface area (Å²) in [5, 5.41) is 4.33. The van der Waals surface area contributed by atoms with Crippen LogP contribution in [0.5, 0.6) is 0 Å². The van der Waals surface area contributed by atoms with Gasteiger partial charge in [-0.15, -0.1) is 0 Å². The second-order valence-electron chi connectivity index (χ2n) is 6.39. The number of aryl methyl sites for hydroxylation is 1. The maximum Gasteiger partial charge on any atom is 0.0568 e. The van der Waals surface area contributed by atoms with Gasteiger partial charge in [0, 0.05) is 49.5 Å². The van der Waals surface area contributed by atoms with E-state index in [9.17, 15) is 0 Å². The second-order valence-corrected chi connectivity index (χ2v) is 6.39. The Balaban J connectivity index is 1.76. The molecule has 0 saturated carbocycles. The number of nitrogens with zero attached hydrogens (tertiary/aromatic N) is 4. The fraction of sp³-hybridized carbons (Fsp3) is 0.136. The number of rotatable bonds is 5. The molecule has 0 fully saturated rings. The zero-order valence-electron chi connectivity index (χ0n) is 14.7. The van der Waals surface area contributed by atoms with Crippen molar-refractivity contribution in [3.05, 3.63) is 102 Å². The summed E-state index contributed by atoms with van der Waals surface area (Å²) in [4.78, 5) is 8.65. The van der Waals surface area contributed by atoms with Crippen LogP contribution in [-0.2, 0) is 13.5 Å². The van der Waals surface area contributed by atoms with E-state index in [0.717, 1.165) is 12.0 Å². The third kappa shape index (κ3) is 3.40. The van der Waals surface area contributed by atoms with E-state index < -0.39 is 0 Å². The SMILES string of the molecule is Cn1cc(-c2ccccc2CC(c2cccnc2)c2cccnc2)cn1. The van der Waals surface area contributed by atoms with Crippen molar-refractivity contribution in [2.24, 2.45) is 7.05 Å². The van der Waals surface area contributed by atoms with Gasteiger partial charge in [-0.1, -0.05) is 36.4 Å². The topological polar surface area (TPSA) is 43.6 Å². The third-order valence-corrected chi connectivity index (χ3v) is 4.63. The highest BCUT2D eigenvalue weighted by Gasteiger charge is 2.18. The molecule has 0 atom stereocenters. The Morgan fingerprint density at radius 2 is 1.54 bits per heavy atom. The van der Waals surface area contributed by atoms with Crippen LogP contribution in [0.25, 0.3) is 11.1 Å². The van der Waals surface area contributed by atoms with Crippen molar-refractivity contribution in [2.45, 2.75) is 12.3 Å². The van der Waals surface area contributed by atoms with Crippen LogP contribution in [0.1, 0.15) is 22.6 Å². The standard InChI is InChI=1S/C22H20N4/c1-26-16-20(15-25-26)21-9-3-2-6-17(21)12-22(18-7-4-10-23-13-18)19-8-5-11-24-14-19/h2-11,13-16,22H,12H2,1H3. The highest BCUT2D eigenvalue weighted by Crippen LogP contribution is 2.32. The fourth-order valence-corrected chi connectivity index (χ4v) is 3.35. The van der Waals surface area contributed by atoms with Crippen molar-refractivity contribution in [3.8, 4) is 11.1 Å². The molecule has 128 valence electrons. The highest BCUT2D eigenvalue weighted by molar-refractivity contribution is 5.66. The first-order chi connectivity index (χ1) is 12.8. The summed E-state index contributed by atoms with van der Waals surface area (Å²) in [7, 11) is 1.94. The Morgan fingerprint density at radius 1 is 0.846 bits per heavy atom. The zero-order chi connectivity index (χ0) is 17.8. The molecule has 0 radical (unpaired) electrons. The molecule has 0 spiro atoms. The Morgan fingerprint density at radius 3 is 2.12 bits per heavy atom. The van der Waals surface area contributed by atoms with Crippen LogP contribution in [0.2, 0.25) is 0 Å². The van der Waals surface area contributed by atoms with Gasteiger partial charge in [0.2, 0.25) is 0 Å². The maximum atomic E-state index is 4.33. The molecule has 4 rings (SSSR count). The molecular formula is C22H20N4. The molecule has 0 aliphatic heterocycles. The van der Waals surface area contributed by atoms with Crippen molar-refractivity contribution < 1.29 is 0 Å². The van der Waals surface area contributed by atoms with Crippen LogP contribution in [0, 0.1) is 0 Å². The van der Waals surface area contributed by atoms with Gasteiger partial charge in [0.25, 0.3) is 0 Å². The van der Waals surface area contributed by atoms with E-state index in [-0.39, 0.29) is 5.92 Å². The van der Waals surface area contributed by atoms with Crippen molar-refractivity contribution in [3.63, 3.8) is 0 Å². The Labute approximate surface area is 153 Å². The van der Waals surface area contributed by atoms with Crippen molar-refractivity contribution in [2.75, 3.05) is 0 Å². The van der Waals surface area contributed by atoms with Gasteiger partial charge >= 0.3 is 0 Å². The molecule has 1 aromatic carbocycles. The molecule has 4 nitrogen and oxygen atoms in total. The van der Waals surface area contributed by atoms with Gasteiger partial charge in [-0.05, 0) is 40.8 Å². The summed E-state index contributed by atoms with van der Waals surface area (Å²) in [5.74, 6) is 0.204. The lowest BCUT2D eigenvalue weighted by atomic mass is 9.85. The van der Waals surface area contributed by atoms with Crippen LogP contribution < -0.4 is 0 Å². The van der Waals surface area contributed by atoms with Gasteiger partial charge in [0.15, 0.2) is 0 Å². The minimum atomic E-state index is 0.204. The van der Waals surface area contributed by atoms with Gasteiger partial charge in [-0.3, -0.25) is 14.6 Å². The smallest absolute Gasteiger partial charge is 0.0568 e. The zero-order valence-corrected chi connectivity index (χ0v) is 14.7. The molecule has 26 heavy (non-hydrogen) atoms. The average molecular weight is 340 g/mol. The van der Waals surface area contributed by atoms with E-state index in [1.165, 1.54) is 22.3 Å². The average Bonchev–Trinajstić information content (AvgIpc) is 3.14. The van der Waals surface area contributed by atoms with E-state index in [1.54, 1.807) is 0 Å². The number of hydrogen-bond acceptors (Lipinski definition) is 3. The molecule has 3 aromatic heterocycles. The summed E-state index contributed by atoms with van der Waals surface area (Å²) in [5.41, 5.74) is 6.04. The van der Waals surface area contributed by atoms with Crippen molar-refractivity contribution in [1.29, 1.82) is 0 Å². The molecule has 0 bridgehead atoms. The minimum absolute atomic E-state index is 0.204. The molecule has 0 aliphatic rings. The first kappa shape index (κ1) is 16.2. The predicted octanol–water partition coefficient (Wildman–Crippen LogP) is 4.25. The number of hydrogen-bond donors (Lipinski definition) is 0. The summed E-state index contributed by atoms with van der Waals surface area (Å²) in [6.07, 6.45) is 12.4. The van der Waals surface area contributed by atoms with E-state index >= 15 is 0 Å². The quantitative estimate of drug-likeness (QED) is 0.545.